The molecule has 3 aromatic rings. The molecule has 1 N–H and O–H groups in total. The summed E-state index contributed by atoms with van der Waals surface area (Å²) in [7, 11) is 0. The third-order valence-corrected chi connectivity index (χ3v) is 4.43. The van der Waals surface area contributed by atoms with Gasteiger partial charge in [0.15, 0.2) is 0 Å². The first kappa shape index (κ1) is 15.3. The molecule has 3 aromatic carbocycles. The molecule has 0 atom stereocenters. The Hall–Kier alpha value is -1.55. The Bertz CT molecular complexity index is 880. The number of rotatable bonds is 2. The van der Waals surface area contributed by atoms with Crippen molar-refractivity contribution < 1.29 is 4.79 Å². The Morgan fingerprint density at radius 3 is 2.41 bits per heavy atom. The van der Waals surface area contributed by atoms with Crippen LogP contribution in [0.4, 0.5) is 5.69 Å². The van der Waals surface area contributed by atoms with Crippen molar-refractivity contribution in [2.24, 2.45) is 0 Å². The lowest BCUT2D eigenvalue weighted by molar-refractivity contribution is 0.102. The molecule has 3 rings (SSSR count). The van der Waals surface area contributed by atoms with Crippen molar-refractivity contribution >= 4 is 61.5 Å². The van der Waals surface area contributed by atoms with Crippen LogP contribution in [-0.2, 0) is 0 Å². The molecule has 1 amide bonds. The monoisotopic (exact) mass is 393 g/mol. The summed E-state index contributed by atoms with van der Waals surface area (Å²) >= 11 is 15.7. The van der Waals surface area contributed by atoms with Crippen LogP contribution in [0.15, 0.2) is 59.1 Å². The number of amides is 1. The van der Waals surface area contributed by atoms with Gasteiger partial charge < -0.3 is 5.32 Å². The summed E-state index contributed by atoms with van der Waals surface area (Å²) in [6.45, 7) is 0. The maximum atomic E-state index is 12.6. The van der Waals surface area contributed by atoms with E-state index in [2.05, 4.69) is 21.2 Å². The molecule has 0 saturated heterocycles. The van der Waals surface area contributed by atoms with Crippen LogP contribution in [0.25, 0.3) is 10.8 Å². The van der Waals surface area contributed by atoms with Crippen LogP contribution in [0.1, 0.15) is 10.4 Å². The Morgan fingerprint density at radius 1 is 0.909 bits per heavy atom. The zero-order valence-electron chi connectivity index (χ0n) is 11.2. The van der Waals surface area contributed by atoms with E-state index in [1.807, 2.05) is 30.3 Å². The van der Waals surface area contributed by atoms with E-state index in [1.165, 1.54) is 0 Å². The molecule has 22 heavy (non-hydrogen) atoms. The molecule has 0 radical (unpaired) electrons. The molecule has 2 nitrogen and oxygen atoms in total. The van der Waals surface area contributed by atoms with Crippen LogP contribution in [0, 0.1) is 0 Å². The van der Waals surface area contributed by atoms with Crippen LogP contribution in [0.2, 0.25) is 10.0 Å². The van der Waals surface area contributed by atoms with Gasteiger partial charge in [0, 0.05) is 20.4 Å². The van der Waals surface area contributed by atoms with E-state index >= 15 is 0 Å². The first-order valence-corrected chi connectivity index (χ1v) is 8.05. The fraction of sp³-hybridized carbons (Fsp3) is 0. The molecule has 5 heteroatoms. The summed E-state index contributed by atoms with van der Waals surface area (Å²) in [5.74, 6) is -0.225. The van der Waals surface area contributed by atoms with Gasteiger partial charge in [-0.1, -0.05) is 63.4 Å². The maximum absolute atomic E-state index is 12.6. The SMILES string of the molecule is O=C(Nc1ccc(Br)cc1Cl)c1cccc2c(Cl)cccc12. The Balaban J connectivity index is 2.01. The van der Waals surface area contributed by atoms with Crippen molar-refractivity contribution in [3.63, 3.8) is 0 Å². The van der Waals surface area contributed by atoms with E-state index in [0.29, 0.717) is 21.3 Å². The second kappa shape index (κ2) is 6.29. The van der Waals surface area contributed by atoms with Crippen molar-refractivity contribution in [2.75, 3.05) is 5.32 Å². The van der Waals surface area contributed by atoms with Crippen LogP contribution >= 0.6 is 39.1 Å². The molecule has 0 aliphatic heterocycles. The molecule has 0 aliphatic carbocycles. The lowest BCUT2D eigenvalue weighted by atomic mass is 10.0. The topological polar surface area (TPSA) is 29.1 Å². The average molecular weight is 395 g/mol. The predicted octanol–water partition coefficient (Wildman–Crippen LogP) is 6.16. The fourth-order valence-corrected chi connectivity index (χ4v) is 3.21. The molecule has 0 saturated carbocycles. The Morgan fingerprint density at radius 2 is 1.64 bits per heavy atom. The summed E-state index contributed by atoms with van der Waals surface area (Å²) < 4.78 is 0.854. The molecule has 0 fully saturated rings. The highest BCUT2D eigenvalue weighted by atomic mass is 79.9. The number of benzene rings is 3. The highest BCUT2D eigenvalue weighted by Gasteiger charge is 2.12. The first-order valence-electron chi connectivity index (χ1n) is 6.50. The molecule has 0 spiro atoms. The number of hydrogen-bond donors (Lipinski definition) is 1. The lowest BCUT2D eigenvalue weighted by Gasteiger charge is -2.10. The van der Waals surface area contributed by atoms with Crippen molar-refractivity contribution in [1.82, 2.24) is 0 Å². The van der Waals surface area contributed by atoms with Crippen molar-refractivity contribution in [3.8, 4) is 0 Å². The number of nitrogens with one attached hydrogen (secondary N) is 1. The number of halogens is 3. The van der Waals surface area contributed by atoms with E-state index < -0.39 is 0 Å². The van der Waals surface area contributed by atoms with E-state index in [1.54, 1.807) is 24.3 Å². The van der Waals surface area contributed by atoms with Crippen LogP contribution < -0.4 is 5.32 Å². The van der Waals surface area contributed by atoms with Gasteiger partial charge in [0.2, 0.25) is 0 Å². The van der Waals surface area contributed by atoms with E-state index in [4.69, 9.17) is 23.2 Å². The molecule has 0 aliphatic rings. The second-order valence-electron chi connectivity index (χ2n) is 4.72. The first-order chi connectivity index (χ1) is 10.6. The molecular formula is C17H10BrCl2NO. The molecule has 0 aromatic heterocycles. The lowest BCUT2D eigenvalue weighted by Crippen LogP contribution is -2.12. The number of fused-ring (bicyclic) bond motifs is 1. The van der Waals surface area contributed by atoms with Crippen LogP contribution in [-0.4, -0.2) is 5.91 Å². The van der Waals surface area contributed by atoms with E-state index in [-0.39, 0.29) is 5.91 Å². The average Bonchev–Trinajstić information content (AvgIpc) is 2.50. The van der Waals surface area contributed by atoms with Crippen LogP contribution in [0.3, 0.4) is 0 Å². The van der Waals surface area contributed by atoms with Gasteiger partial charge in [0.25, 0.3) is 5.91 Å². The normalized spacial score (nSPS) is 10.7. The minimum atomic E-state index is -0.225. The maximum Gasteiger partial charge on any atom is 0.256 e. The quantitative estimate of drug-likeness (QED) is 0.553. The van der Waals surface area contributed by atoms with Gasteiger partial charge in [-0.05, 0) is 35.7 Å². The zero-order chi connectivity index (χ0) is 15.7. The van der Waals surface area contributed by atoms with Crippen LogP contribution in [0.5, 0.6) is 0 Å². The van der Waals surface area contributed by atoms with E-state index in [9.17, 15) is 4.79 Å². The standard InChI is InChI=1S/C17H10BrCl2NO/c18-10-7-8-16(15(20)9-10)21-17(22)13-5-1-4-12-11(13)3-2-6-14(12)19/h1-9H,(H,21,22). The summed E-state index contributed by atoms with van der Waals surface area (Å²) in [6, 6.07) is 16.3. The van der Waals surface area contributed by atoms with Gasteiger partial charge >= 0.3 is 0 Å². The van der Waals surface area contributed by atoms with Crippen molar-refractivity contribution in [2.45, 2.75) is 0 Å². The summed E-state index contributed by atoms with van der Waals surface area (Å²) in [5, 5.41) is 5.58. The number of carbonyl (C=O) groups is 1. The number of hydrogen-bond acceptors (Lipinski definition) is 1. The Labute approximate surface area is 146 Å². The minimum Gasteiger partial charge on any atom is -0.321 e. The van der Waals surface area contributed by atoms with Gasteiger partial charge in [-0.2, -0.15) is 0 Å². The third-order valence-electron chi connectivity index (χ3n) is 3.29. The molecule has 0 unspecified atom stereocenters. The van der Waals surface area contributed by atoms with Gasteiger partial charge in [0.05, 0.1) is 10.7 Å². The summed E-state index contributed by atoms with van der Waals surface area (Å²) in [4.78, 5) is 12.6. The smallest absolute Gasteiger partial charge is 0.256 e. The molecular weight excluding hydrogens is 385 g/mol. The molecule has 0 heterocycles. The third kappa shape index (κ3) is 2.98. The van der Waals surface area contributed by atoms with Gasteiger partial charge in [-0.25, -0.2) is 0 Å². The summed E-state index contributed by atoms with van der Waals surface area (Å²) in [5.41, 5.74) is 1.12. The fourth-order valence-electron chi connectivity index (χ4n) is 2.25. The Kier molecular flexibility index (Phi) is 4.39. The largest absolute Gasteiger partial charge is 0.321 e. The summed E-state index contributed by atoms with van der Waals surface area (Å²) in [6.07, 6.45) is 0. The zero-order valence-corrected chi connectivity index (χ0v) is 14.3. The number of carbonyl (C=O) groups excluding carboxylic acids is 1. The highest BCUT2D eigenvalue weighted by molar-refractivity contribution is 9.10. The van der Waals surface area contributed by atoms with Gasteiger partial charge in [-0.15, -0.1) is 0 Å². The van der Waals surface area contributed by atoms with Crippen molar-refractivity contribution in [1.29, 1.82) is 0 Å². The van der Waals surface area contributed by atoms with E-state index in [0.717, 1.165) is 15.2 Å². The number of anilines is 1. The van der Waals surface area contributed by atoms with Gasteiger partial charge in [0.1, 0.15) is 0 Å². The van der Waals surface area contributed by atoms with Crippen molar-refractivity contribution in [3.05, 3.63) is 74.7 Å². The molecule has 110 valence electrons. The predicted molar refractivity (Wildman–Crippen MR) is 96.1 cm³/mol. The highest BCUT2D eigenvalue weighted by Crippen LogP contribution is 2.29. The van der Waals surface area contributed by atoms with Gasteiger partial charge in [-0.3, -0.25) is 4.79 Å². The minimum absolute atomic E-state index is 0.225. The molecule has 0 bridgehead atoms. The second-order valence-corrected chi connectivity index (χ2v) is 6.45.